The van der Waals surface area contributed by atoms with Crippen molar-refractivity contribution in [3.63, 3.8) is 0 Å². The number of carbonyl (C=O) groups excluding carboxylic acids is 1. The lowest BCUT2D eigenvalue weighted by atomic mass is 10.2. The Bertz CT molecular complexity index is 1100. The van der Waals surface area contributed by atoms with E-state index in [0.717, 1.165) is 36.1 Å². The molecule has 0 saturated heterocycles. The number of nitrogens with zero attached hydrogens (tertiary/aromatic N) is 3. The van der Waals surface area contributed by atoms with Crippen molar-refractivity contribution in [3.8, 4) is 11.7 Å². The Morgan fingerprint density at radius 2 is 2.11 bits per heavy atom. The molecule has 144 valence electrons. The molecule has 2 heterocycles. The summed E-state index contributed by atoms with van der Waals surface area (Å²) >= 11 is 0. The van der Waals surface area contributed by atoms with Crippen molar-refractivity contribution < 1.29 is 9.53 Å². The Morgan fingerprint density at radius 3 is 2.93 bits per heavy atom. The fourth-order valence-corrected chi connectivity index (χ4v) is 3.32. The van der Waals surface area contributed by atoms with Crippen LogP contribution in [-0.4, -0.2) is 32.3 Å². The lowest BCUT2D eigenvalue weighted by Gasteiger charge is -2.11. The Hall–Kier alpha value is -3.42. The lowest BCUT2D eigenvalue weighted by molar-refractivity contribution is -0.118. The van der Waals surface area contributed by atoms with Crippen LogP contribution in [0.1, 0.15) is 28.9 Å². The van der Waals surface area contributed by atoms with Gasteiger partial charge in [0.25, 0.3) is 11.5 Å². The van der Waals surface area contributed by atoms with E-state index in [2.05, 4.69) is 20.4 Å². The molecule has 3 aromatic rings. The maximum Gasteiger partial charge on any atom is 0.263 e. The van der Waals surface area contributed by atoms with Gasteiger partial charge < -0.3 is 10.1 Å². The Morgan fingerprint density at radius 1 is 1.29 bits per heavy atom. The summed E-state index contributed by atoms with van der Waals surface area (Å²) in [5.41, 5.74) is 3.04. The van der Waals surface area contributed by atoms with E-state index in [1.807, 2.05) is 38.1 Å². The van der Waals surface area contributed by atoms with Crippen LogP contribution in [0.15, 0.2) is 35.1 Å². The third-order valence-corrected chi connectivity index (χ3v) is 4.68. The molecular weight excluding hydrogens is 358 g/mol. The van der Waals surface area contributed by atoms with Gasteiger partial charge in [-0.25, -0.2) is 4.98 Å². The van der Waals surface area contributed by atoms with Crippen LogP contribution in [0.4, 0.5) is 5.82 Å². The van der Waals surface area contributed by atoms with Crippen molar-refractivity contribution in [2.75, 3.05) is 11.9 Å². The second-order valence-corrected chi connectivity index (χ2v) is 6.85. The van der Waals surface area contributed by atoms with E-state index in [9.17, 15) is 9.59 Å². The number of H-pyrrole nitrogens is 1. The van der Waals surface area contributed by atoms with E-state index in [1.54, 1.807) is 6.07 Å². The van der Waals surface area contributed by atoms with E-state index < -0.39 is 0 Å². The first-order valence-electron chi connectivity index (χ1n) is 9.18. The van der Waals surface area contributed by atoms with E-state index >= 15 is 0 Å². The normalized spacial score (nSPS) is 12.6. The second-order valence-electron chi connectivity index (χ2n) is 6.85. The third kappa shape index (κ3) is 3.53. The van der Waals surface area contributed by atoms with Crippen LogP contribution in [-0.2, 0) is 17.6 Å². The van der Waals surface area contributed by atoms with Gasteiger partial charge in [0.15, 0.2) is 6.61 Å². The van der Waals surface area contributed by atoms with Gasteiger partial charge >= 0.3 is 0 Å². The summed E-state index contributed by atoms with van der Waals surface area (Å²) in [4.78, 5) is 32.0. The van der Waals surface area contributed by atoms with Crippen LogP contribution >= 0.6 is 0 Å². The average Bonchev–Trinajstić information content (AvgIpc) is 3.27. The van der Waals surface area contributed by atoms with Gasteiger partial charge in [0.05, 0.1) is 11.4 Å². The van der Waals surface area contributed by atoms with Gasteiger partial charge in [0.1, 0.15) is 11.6 Å². The van der Waals surface area contributed by atoms with Crippen molar-refractivity contribution in [1.29, 1.82) is 0 Å². The standard InChI is InChI=1S/C20H21N5O3/c1-12-6-3-4-9-16(12)28-11-18(26)22-17-10-13(2)24-25(17)20-21-15-8-5-7-14(15)19(27)23-20/h3-4,6,9-10H,5,7-8,11H2,1-2H3,(H,22,26)(H,21,23,27). The highest BCUT2D eigenvalue weighted by molar-refractivity contribution is 5.91. The number of hydrogen-bond acceptors (Lipinski definition) is 5. The third-order valence-electron chi connectivity index (χ3n) is 4.68. The number of rotatable bonds is 5. The number of aryl methyl sites for hydroxylation is 3. The highest BCUT2D eigenvalue weighted by Crippen LogP contribution is 2.20. The van der Waals surface area contributed by atoms with Crippen molar-refractivity contribution in [2.24, 2.45) is 0 Å². The van der Waals surface area contributed by atoms with Crippen molar-refractivity contribution in [1.82, 2.24) is 19.7 Å². The minimum atomic E-state index is -0.326. The molecule has 4 rings (SSSR count). The first kappa shape index (κ1) is 18.0. The smallest absolute Gasteiger partial charge is 0.263 e. The Labute approximate surface area is 161 Å². The minimum Gasteiger partial charge on any atom is -0.483 e. The summed E-state index contributed by atoms with van der Waals surface area (Å²) in [6.07, 6.45) is 2.45. The molecular formula is C20H21N5O3. The van der Waals surface area contributed by atoms with E-state index in [1.165, 1.54) is 4.68 Å². The number of nitrogens with one attached hydrogen (secondary N) is 2. The first-order chi connectivity index (χ1) is 13.5. The molecule has 2 aromatic heterocycles. The van der Waals surface area contributed by atoms with Crippen LogP contribution < -0.4 is 15.6 Å². The topological polar surface area (TPSA) is 102 Å². The van der Waals surface area contributed by atoms with Gasteiger partial charge in [-0.05, 0) is 44.7 Å². The number of benzene rings is 1. The molecule has 0 atom stereocenters. The SMILES string of the molecule is Cc1cc(NC(=O)COc2ccccc2C)n(-c2nc3c(c(=O)[nH]2)CCC3)n1. The highest BCUT2D eigenvalue weighted by Gasteiger charge is 2.20. The molecule has 0 bridgehead atoms. The minimum absolute atomic E-state index is 0.136. The quantitative estimate of drug-likeness (QED) is 0.707. The summed E-state index contributed by atoms with van der Waals surface area (Å²) in [6.45, 7) is 3.59. The number of aromatic amines is 1. The number of anilines is 1. The molecule has 1 aliphatic carbocycles. The zero-order chi connectivity index (χ0) is 19.7. The van der Waals surface area contributed by atoms with Crippen LogP contribution in [0.3, 0.4) is 0 Å². The van der Waals surface area contributed by atoms with Gasteiger partial charge in [0.2, 0.25) is 5.95 Å². The molecule has 0 saturated carbocycles. The van der Waals surface area contributed by atoms with E-state index in [0.29, 0.717) is 23.2 Å². The number of amides is 1. The van der Waals surface area contributed by atoms with Crippen molar-refractivity contribution >= 4 is 11.7 Å². The Kier molecular flexibility index (Phi) is 4.68. The summed E-state index contributed by atoms with van der Waals surface area (Å²) in [7, 11) is 0. The predicted octanol–water partition coefficient (Wildman–Crippen LogP) is 2.08. The maximum atomic E-state index is 12.4. The average molecular weight is 379 g/mol. The van der Waals surface area contributed by atoms with Crippen molar-refractivity contribution in [3.05, 3.63) is 63.2 Å². The highest BCUT2D eigenvalue weighted by atomic mass is 16.5. The maximum absolute atomic E-state index is 12.4. The van der Waals surface area contributed by atoms with Gasteiger partial charge in [-0.3, -0.25) is 14.6 Å². The molecule has 1 aliphatic rings. The zero-order valence-electron chi connectivity index (χ0n) is 15.8. The van der Waals surface area contributed by atoms with Gasteiger partial charge in [-0.2, -0.15) is 9.78 Å². The largest absolute Gasteiger partial charge is 0.483 e. The molecule has 8 heteroatoms. The summed E-state index contributed by atoms with van der Waals surface area (Å²) in [5.74, 6) is 1.06. The summed E-state index contributed by atoms with van der Waals surface area (Å²) in [6, 6.07) is 9.22. The molecule has 0 radical (unpaired) electrons. The van der Waals surface area contributed by atoms with E-state index in [4.69, 9.17) is 4.74 Å². The van der Waals surface area contributed by atoms with Gasteiger partial charge in [-0.1, -0.05) is 18.2 Å². The fourth-order valence-electron chi connectivity index (χ4n) is 3.32. The number of hydrogen-bond donors (Lipinski definition) is 2. The van der Waals surface area contributed by atoms with Gasteiger partial charge in [0, 0.05) is 11.6 Å². The second kappa shape index (κ2) is 7.30. The predicted molar refractivity (Wildman–Crippen MR) is 104 cm³/mol. The molecule has 2 N–H and O–H groups in total. The molecule has 8 nitrogen and oxygen atoms in total. The summed E-state index contributed by atoms with van der Waals surface area (Å²) < 4.78 is 7.03. The summed E-state index contributed by atoms with van der Waals surface area (Å²) in [5, 5.41) is 7.14. The van der Waals surface area contributed by atoms with Gasteiger partial charge in [-0.15, -0.1) is 0 Å². The molecule has 0 aliphatic heterocycles. The van der Waals surface area contributed by atoms with Crippen LogP contribution in [0.5, 0.6) is 5.75 Å². The van der Waals surface area contributed by atoms with E-state index in [-0.39, 0.29) is 18.1 Å². The van der Waals surface area contributed by atoms with Crippen LogP contribution in [0.2, 0.25) is 0 Å². The fraction of sp³-hybridized carbons (Fsp3) is 0.300. The number of carbonyl (C=O) groups is 1. The molecule has 28 heavy (non-hydrogen) atoms. The molecule has 0 spiro atoms. The monoisotopic (exact) mass is 379 g/mol. The molecule has 1 aromatic carbocycles. The molecule has 0 fully saturated rings. The number of ether oxygens (including phenoxy) is 1. The number of aromatic nitrogens is 4. The van der Waals surface area contributed by atoms with Crippen LogP contribution in [0, 0.1) is 13.8 Å². The zero-order valence-corrected chi connectivity index (χ0v) is 15.8. The Balaban J connectivity index is 1.54. The number of para-hydroxylation sites is 1. The first-order valence-corrected chi connectivity index (χ1v) is 9.18. The van der Waals surface area contributed by atoms with Crippen LogP contribution in [0.25, 0.3) is 5.95 Å². The molecule has 1 amide bonds. The molecule has 0 unspecified atom stereocenters. The lowest BCUT2D eigenvalue weighted by Crippen LogP contribution is -2.24. The van der Waals surface area contributed by atoms with Crippen molar-refractivity contribution in [2.45, 2.75) is 33.1 Å². The number of fused-ring (bicyclic) bond motifs is 1.